The Morgan fingerprint density at radius 3 is 2.62 bits per heavy atom. The van der Waals surface area contributed by atoms with E-state index in [4.69, 9.17) is 9.72 Å². The zero-order valence-corrected chi connectivity index (χ0v) is 23.3. The number of aliphatic hydroxyl groups is 1. The van der Waals surface area contributed by atoms with Gasteiger partial charge < -0.3 is 19.3 Å². The second-order valence-electron chi connectivity index (χ2n) is 13.2. The third kappa shape index (κ3) is 4.27. The summed E-state index contributed by atoms with van der Waals surface area (Å²) in [6, 6.07) is 7.98. The Hall–Kier alpha value is -2.41. The fourth-order valence-corrected chi connectivity index (χ4v) is 7.77. The molecule has 37 heavy (non-hydrogen) atoms. The molecule has 2 saturated carbocycles. The molecule has 5 atom stereocenters. The van der Waals surface area contributed by atoms with E-state index in [9.17, 15) is 14.7 Å². The Kier molecular flexibility index (Phi) is 6.45. The van der Waals surface area contributed by atoms with Gasteiger partial charge in [0.25, 0.3) is 0 Å². The van der Waals surface area contributed by atoms with E-state index >= 15 is 0 Å². The molecule has 1 saturated heterocycles. The summed E-state index contributed by atoms with van der Waals surface area (Å²) in [7, 11) is 0. The molecule has 1 amide bonds. The van der Waals surface area contributed by atoms with Crippen molar-refractivity contribution in [3.05, 3.63) is 30.1 Å². The molecule has 3 fully saturated rings. The monoisotopic (exact) mass is 509 g/mol. The van der Waals surface area contributed by atoms with Gasteiger partial charge in [-0.15, -0.1) is 0 Å². The number of hydrogen-bond donors (Lipinski definition) is 1. The van der Waals surface area contributed by atoms with E-state index in [0.717, 1.165) is 36.8 Å². The van der Waals surface area contributed by atoms with E-state index in [1.807, 2.05) is 45.0 Å². The van der Waals surface area contributed by atoms with Crippen LogP contribution in [0.1, 0.15) is 77.8 Å². The predicted molar refractivity (Wildman–Crippen MR) is 143 cm³/mol. The lowest BCUT2D eigenvalue weighted by molar-refractivity contribution is -0.0168. The molecule has 0 radical (unpaired) electrons. The van der Waals surface area contributed by atoms with E-state index in [2.05, 4.69) is 25.3 Å². The van der Waals surface area contributed by atoms with Gasteiger partial charge in [-0.1, -0.05) is 32.9 Å². The van der Waals surface area contributed by atoms with E-state index in [1.54, 1.807) is 4.90 Å². The second-order valence-corrected chi connectivity index (χ2v) is 13.2. The number of likely N-dealkylation sites (tertiary alicyclic amines) is 1. The molecular weight excluding hydrogens is 466 g/mol. The van der Waals surface area contributed by atoms with Crippen LogP contribution in [0.15, 0.2) is 24.3 Å². The lowest BCUT2D eigenvalue weighted by Gasteiger charge is -2.44. The first-order valence-corrected chi connectivity index (χ1v) is 14.0. The molecule has 2 heterocycles. The van der Waals surface area contributed by atoms with Gasteiger partial charge in [-0.3, -0.25) is 4.79 Å². The highest BCUT2D eigenvalue weighted by molar-refractivity contribution is 5.97. The zero-order valence-electron chi connectivity index (χ0n) is 23.3. The number of imidazole rings is 1. The molecule has 1 spiro atoms. The summed E-state index contributed by atoms with van der Waals surface area (Å²) in [4.78, 5) is 33.6. The average molecular weight is 510 g/mol. The number of piperidine rings is 1. The number of Topliss-reactive ketones (excluding diaryl/α,β-unsaturated/α-hetero) is 1. The van der Waals surface area contributed by atoms with Crippen LogP contribution in [0.2, 0.25) is 0 Å². The molecule has 7 heteroatoms. The fourth-order valence-electron chi connectivity index (χ4n) is 7.77. The largest absolute Gasteiger partial charge is 0.444 e. The molecule has 1 aromatic heterocycles. The Labute approximate surface area is 220 Å². The third-order valence-corrected chi connectivity index (χ3v) is 8.99. The fraction of sp³-hybridized carbons (Fsp3) is 0.700. The maximum Gasteiger partial charge on any atom is 0.410 e. The summed E-state index contributed by atoms with van der Waals surface area (Å²) >= 11 is 0. The minimum Gasteiger partial charge on any atom is -0.444 e. The second kappa shape index (κ2) is 9.11. The number of rotatable bonds is 8. The van der Waals surface area contributed by atoms with E-state index in [-0.39, 0.29) is 35.2 Å². The molecule has 7 nitrogen and oxygen atoms in total. The molecule has 0 bridgehead atoms. The quantitative estimate of drug-likeness (QED) is 0.472. The van der Waals surface area contributed by atoms with Crippen molar-refractivity contribution in [2.24, 2.45) is 34.5 Å². The summed E-state index contributed by atoms with van der Waals surface area (Å²) in [5.74, 6) is 2.11. The topological polar surface area (TPSA) is 84.7 Å². The SMILES string of the molecule is CCCn1c(C(=O)CC23C([C@H]2CC(C)C)[C@]32C[C@@H](CO)CN(C(=O)OC(C)(C)C)C2)nc2ccccc21. The number of aromatic nitrogens is 2. The standard InChI is InChI=1S/C30H43N3O4/c1-7-12-33-23-11-9-8-10-22(23)31-26(33)24(35)15-30-21(13-19(2)3)25(30)29(30)14-20(17-34)16-32(18-29)27(36)37-28(4,5)6/h8-11,19-21,25,34H,7,12-18H2,1-6H3/t20-,21-,25?,29-,30?/m1/s1. The molecule has 1 aromatic carbocycles. The smallest absolute Gasteiger partial charge is 0.410 e. The lowest BCUT2D eigenvalue weighted by Crippen LogP contribution is -2.51. The first-order chi connectivity index (χ1) is 17.5. The number of amides is 1. The number of aryl methyl sites for hydroxylation is 1. The zero-order chi connectivity index (χ0) is 26.8. The van der Waals surface area contributed by atoms with Gasteiger partial charge in [-0.2, -0.15) is 0 Å². The molecule has 5 rings (SSSR count). The first kappa shape index (κ1) is 26.2. The van der Waals surface area contributed by atoms with Gasteiger partial charge in [-0.05, 0) is 80.8 Å². The molecule has 3 aliphatic rings. The van der Waals surface area contributed by atoms with Crippen LogP contribution in [0.25, 0.3) is 11.0 Å². The molecule has 2 aliphatic carbocycles. The van der Waals surface area contributed by atoms with Crippen molar-refractivity contribution in [1.29, 1.82) is 0 Å². The van der Waals surface area contributed by atoms with Crippen molar-refractivity contribution < 1.29 is 19.4 Å². The van der Waals surface area contributed by atoms with Crippen LogP contribution in [0.4, 0.5) is 4.79 Å². The van der Waals surface area contributed by atoms with Gasteiger partial charge in [0, 0.05) is 38.6 Å². The van der Waals surface area contributed by atoms with Crippen molar-refractivity contribution in [3.8, 4) is 0 Å². The number of para-hydroxylation sites is 2. The number of fused-ring (bicyclic) bond motifs is 4. The Bertz CT molecular complexity index is 1200. The van der Waals surface area contributed by atoms with Crippen LogP contribution >= 0.6 is 0 Å². The number of benzene rings is 1. The minimum atomic E-state index is -0.574. The average Bonchev–Trinajstić information content (AvgIpc) is 3.56. The maximum atomic E-state index is 14.0. The summed E-state index contributed by atoms with van der Waals surface area (Å²) < 4.78 is 7.80. The molecule has 2 aromatic rings. The number of nitrogens with zero attached hydrogens (tertiary/aromatic N) is 3. The van der Waals surface area contributed by atoms with Crippen LogP contribution < -0.4 is 0 Å². The van der Waals surface area contributed by atoms with Crippen molar-refractivity contribution in [1.82, 2.24) is 14.5 Å². The third-order valence-electron chi connectivity index (χ3n) is 8.99. The Morgan fingerprint density at radius 2 is 1.97 bits per heavy atom. The van der Waals surface area contributed by atoms with Crippen LogP contribution in [-0.2, 0) is 11.3 Å². The van der Waals surface area contributed by atoms with Crippen molar-refractivity contribution >= 4 is 22.9 Å². The molecule has 202 valence electrons. The van der Waals surface area contributed by atoms with Crippen LogP contribution in [0.5, 0.6) is 0 Å². The number of carbonyl (C=O) groups excluding carboxylic acids is 2. The molecule has 1 N–H and O–H groups in total. The molecular formula is C30H43N3O4. The van der Waals surface area contributed by atoms with E-state index in [0.29, 0.717) is 43.1 Å². The number of carbonyl (C=O) groups is 2. The minimum absolute atomic E-state index is 0.00501. The molecule has 2 unspecified atom stereocenters. The van der Waals surface area contributed by atoms with Crippen molar-refractivity contribution in [3.63, 3.8) is 0 Å². The van der Waals surface area contributed by atoms with Gasteiger partial charge in [0.15, 0.2) is 11.6 Å². The number of ketones is 1. The summed E-state index contributed by atoms with van der Waals surface area (Å²) in [6.07, 6.45) is 3.02. The Morgan fingerprint density at radius 1 is 1.24 bits per heavy atom. The van der Waals surface area contributed by atoms with Crippen LogP contribution in [-0.4, -0.2) is 56.7 Å². The predicted octanol–water partition coefficient (Wildman–Crippen LogP) is 5.55. The van der Waals surface area contributed by atoms with Gasteiger partial charge in [0.05, 0.1) is 11.0 Å². The first-order valence-electron chi connectivity index (χ1n) is 14.0. The van der Waals surface area contributed by atoms with Crippen molar-refractivity contribution in [2.45, 2.75) is 79.4 Å². The normalized spacial score (nSPS) is 30.6. The maximum absolute atomic E-state index is 14.0. The Balaban J connectivity index is 1.44. The van der Waals surface area contributed by atoms with Crippen LogP contribution in [0, 0.1) is 34.5 Å². The van der Waals surface area contributed by atoms with Crippen molar-refractivity contribution in [2.75, 3.05) is 19.7 Å². The highest BCUT2D eigenvalue weighted by Gasteiger charge is 2.94. The van der Waals surface area contributed by atoms with Gasteiger partial charge in [-0.25, -0.2) is 9.78 Å². The molecule has 1 aliphatic heterocycles. The number of hydrogen-bond acceptors (Lipinski definition) is 5. The summed E-state index contributed by atoms with van der Waals surface area (Å²) in [6.45, 7) is 14.2. The van der Waals surface area contributed by atoms with Crippen LogP contribution in [0.3, 0.4) is 0 Å². The van der Waals surface area contributed by atoms with Gasteiger partial charge in [0.1, 0.15) is 5.60 Å². The highest BCUT2D eigenvalue weighted by Crippen LogP contribution is 2.95. The summed E-state index contributed by atoms with van der Waals surface area (Å²) in [5.41, 5.74) is 1.07. The van der Waals surface area contributed by atoms with Gasteiger partial charge in [0.2, 0.25) is 0 Å². The lowest BCUT2D eigenvalue weighted by atomic mass is 9.70. The highest BCUT2D eigenvalue weighted by atomic mass is 16.6. The van der Waals surface area contributed by atoms with E-state index in [1.165, 1.54) is 0 Å². The van der Waals surface area contributed by atoms with Gasteiger partial charge >= 0.3 is 6.09 Å². The number of ether oxygens (including phenoxy) is 1. The summed E-state index contributed by atoms with van der Waals surface area (Å²) in [5, 5.41) is 10.2. The number of aliphatic hydroxyl groups excluding tert-OH is 1. The van der Waals surface area contributed by atoms with E-state index < -0.39 is 5.60 Å².